The molecule has 2 fully saturated rings. The van der Waals surface area contributed by atoms with Gasteiger partial charge in [0.15, 0.2) is 0 Å². The van der Waals surface area contributed by atoms with E-state index in [0.717, 1.165) is 43.5 Å². The van der Waals surface area contributed by atoms with Gasteiger partial charge in [0.2, 0.25) is 0 Å². The molecule has 4 heteroatoms. The van der Waals surface area contributed by atoms with Crippen molar-refractivity contribution in [3.63, 3.8) is 0 Å². The largest absolute Gasteiger partial charge is 0.490 e. The summed E-state index contributed by atoms with van der Waals surface area (Å²) in [7, 11) is 0. The molecule has 1 N–H and O–H groups in total. The number of nitrogens with one attached hydrogen (secondary N) is 1. The van der Waals surface area contributed by atoms with Crippen molar-refractivity contribution in [3.05, 3.63) is 24.3 Å². The molecule has 1 aromatic carbocycles. The van der Waals surface area contributed by atoms with Gasteiger partial charge < -0.3 is 14.8 Å². The molecule has 1 amide bonds. The molecule has 25 heavy (non-hydrogen) atoms. The van der Waals surface area contributed by atoms with Gasteiger partial charge in [0.25, 0.3) is 5.91 Å². The SMILES string of the molecule is CCO[C@@]1(C(=O)Nc2ccc(OC3CCCC3)cc2)CCC[C@H](C)C1. The molecule has 2 aliphatic carbocycles. The molecule has 0 bridgehead atoms. The van der Waals surface area contributed by atoms with E-state index in [4.69, 9.17) is 9.47 Å². The molecule has 138 valence electrons. The van der Waals surface area contributed by atoms with Gasteiger partial charge in [0.1, 0.15) is 11.4 Å². The van der Waals surface area contributed by atoms with Gasteiger partial charge >= 0.3 is 0 Å². The number of carbonyl (C=O) groups excluding carboxylic acids is 1. The van der Waals surface area contributed by atoms with Crippen molar-refractivity contribution in [2.75, 3.05) is 11.9 Å². The second kappa shape index (κ2) is 8.22. The monoisotopic (exact) mass is 345 g/mol. The van der Waals surface area contributed by atoms with Gasteiger partial charge in [-0.1, -0.05) is 13.3 Å². The zero-order valence-electron chi connectivity index (χ0n) is 15.6. The smallest absolute Gasteiger partial charge is 0.256 e. The summed E-state index contributed by atoms with van der Waals surface area (Å²) in [4.78, 5) is 12.9. The number of hydrogen-bond donors (Lipinski definition) is 1. The Labute approximate surface area is 151 Å². The molecule has 0 heterocycles. The molecule has 0 spiro atoms. The topological polar surface area (TPSA) is 47.6 Å². The van der Waals surface area contributed by atoms with Crippen LogP contribution in [0.2, 0.25) is 0 Å². The maximum atomic E-state index is 12.9. The Morgan fingerprint density at radius 3 is 2.52 bits per heavy atom. The molecule has 0 saturated heterocycles. The number of carbonyl (C=O) groups is 1. The number of amides is 1. The summed E-state index contributed by atoms with van der Waals surface area (Å²) in [6, 6.07) is 7.75. The molecule has 2 aliphatic rings. The van der Waals surface area contributed by atoms with Crippen LogP contribution in [0.3, 0.4) is 0 Å². The first-order chi connectivity index (χ1) is 12.1. The summed E-state index contributed by atoms with van der Waals surface area (Å²) in [6.45, 7) is 4.73. The third-order valence-corrected chi connectivity index (χ3v) is 5.51. The highest BCUT2D eigenvalue weighted by Crippen LogP contribution is 2.36. The van der Waals surface area contributed by atoms with Gasteiger partial charge in [-0.2, -0.15) is 0 Å². The fourth-order valence-electron chi connectivity index (χ4n) is 4.24. The Morgan fingerprint density at radius 1 is 1.16 bits per heavy atom. The standard InChI is InChI=1S/C21H31NO3/c1-3-24-21(14-6-7-16(2)15-21)20(23)22-17-10-12-19(13-11-17)25-18-8-4-5-9-18/h10-13,16,18H,3-9,14-15H2,1-2H3,(H,22,23)/t16-,21-/m0/s1. The van der Waals surface area contributed by atoms with Crippen molar-refractivity contribution in [1.29, 1.82) is 0 Å². The van der Waals surface area contributed by atoms with E-state index in [2.05, 4.69) is 12.2 Å². The fraction of sp³-hybridized carbons (Fsp3) is 0.667. The van der Waals surface area contributed by atoms with Crippen molar-refractivity contribution < 1.29 is 14.3 Å². The number of benzene rings is 1. The molecule has 1 aromatic rings. The van der Waals surface area contributed by atoms with Crippen LogP contribution < -0.4 is 10.1 Å². The number of ether oxygens (including phenoxy) is 2. The molecule has 3 rings (SSSR count). The molecule has 2 saturated carbocycles. The first-order valence-corrected chi connectivity index (χ1v) is 9.83. The second-order valence-corrected chi connectivity index (χ2v) is 7.63. The van der Waals surface area contributed by atoms with Crippen LogP contribution in [0.4, 0.5) is 5.69 Å². The average molecular weight is 345 g/mol. The van der Waals surface area contributed by atoms with Crippen LogP contribution in [0.5, 0.6) is 5.75 Å². The van der Waals surface area contributed by atoms with Crippen LogP contribution in [0.15, 0.2) is 24.3 Å². The Bertz CT molecular complexity index is 561. The first-order valence-electron chi connectivity index (χ1n) is 9.83. The van der Waals surface area contributed by atoms with Gasteiger partial charge in [0.05, 0.1) is 6.10 Å². The quantitative estimate of drug-likeness (QED) is 0.795. The van der Waals surface area contributed by atoms with Crippen LogP contribution in [0, 0.1) is 5.92 Å². The highest BCUT2D eigenvalue weighted by Gasteiger charge is 2.42. The fourth-order valence-corrected chi connectivity index (χ4v) is 4.24. The van der Waals surface area contributed by atoms with E-state index in [-0.39, 0.29) is 5.91 Å². The second-order valence-electron chi connectivity index (χ2n) is 7.63. The Hall–Kier alpha value is -1.55. The van der Waals surface area contributed by atoms with Crippen molar-refractivity contribution in [2.45, 2.75) is 76.9 Å². The van der Waals surface area contributed by atoms with Crippen LogP contribution in [-0.4, -0.2) is 24.2 Å². The van der Waals surface area contributed by atoms with E-state index in [1.807, 2.05) is 31.2 Å². The van der Waals surface area contributed by atoms with Gasteiger partial charge in [-0.15, -0.1) is 0 Å². The Kier molecular flexibility index (Phi) is 6.00. The summed E-state index contributed by atoms with van der Waals surface area (Å²) in [5, 5.41) is 3.06. The summed E-state index contributed by atoms with van der Waals surface area (Å²) >= 11 is 0. The summed E-state index contributed by atoms with van der Waals surface area (Å²) in [6.07, 6.45) is 8.99. The van der Waals surface area contributed by atoms with E-state index >= 15 is 0 Å². The number of anilines is 1. The van der Waals surface area contributed by atoms with Crippen LogP contribution in [-0.2, 0) is 9.53 Å². The van der Waals surface area contributed by atoms with E-state index in [0.29, 0.717) is 18.6 Å². The lowest BCUT2D eigenvalue weighted by atomic mass is 9.78. The van der Waals surface area contributed by atoms with Gasteiger partial charge in [-0.05, 0) is 82.1 Å². The molecule has 0 unspecified atom stereocenters. The molecule has 0 aromatic heterocycles. The van der Waals surface area contributed by atoms with Crippen molar-refractivity contribution in [1.82, 2.24) is 0 Å². The van der Waals surface area contributed by atoms with Gasteiger partial charge in [0, 0.05) is 12.3 Å². The highest BCUT2D eigenvalue weighted by molar-refractivity contribution is 5.97. The third-order valence-electron chi connectivity index (χ3n) is 5.51. The molecular weight excluding hydrogens is 314 g/mol. The lowest BCUT2D eigenvalue weighted by Crippen LogP contribution is -2.48. The summed E-state index contributed by atoms with van der Waals surface area (Å²) in [5.41, 5.74) is 0.131. The molecule has 2 atom stereocenters. The van der Waals surface area contributed by atoms with Gasteiger partial charge in [-0.25, -0.2) is 0 Å². The maximum Gasteiger partial charge on any atom is 0.256 e. The Morgan fingerprint density at radius 2 is 1.88 bits per heavy atom. The Balaban J connectivity index is 1.62. The van der Waals surface area contributed by atoms with Crippen molar-refractivity contribution >= 4 is 11.6 Å². The zero-order chi connectivity index (χ0) is 17.7. The van der Waals surface area contributed by atoms with Crippen LogP contribution in [0.1, 0.15) is 65.2 Å². The van der Waals surface area contributed by atoms with E-state index < -0.39 is 5.60 Å². The average Bonchev–Trinajstić information content (AvgIpc) is 3.10. The van der Waals surface area contributed by atoms with E-state index in [1.54, 1.807) is 0 Å². The van der Waals surface area contributed by atoms with E-state index in [1.165, 1.54) is 19.3 Å². The van der Waals surface area contributed by atoms with Crippen molar-refractivity contribution in [3.8, 4) is 5.75 Å². The number of rotatable bonds is 6. The lowest BCUT2D eigenvalue weighted by Gasteiger charge is -2.38. The first kappa shape index (κ1) is 18.2. The molecule has 0 radical (unpaired) electrons. The maximum absolute atomic E-state index is 12.9. The predicted molar refractivity (Wildman–Crippen MR) is 99.9 cm³/mol. The summed E-state index contributed by atoms with van der Waals surface area (Å²) < 4.78 is 11.9. The molecule has 0 aliphatic heterocycles. The minimum atomic E-state index is -0.675. The minimum absolute atomic E-state index is 0.00892. The van der Waals surface area contributed by atoms with E-state index in [9.17, 15) is 4.79 Å². The van der Waals surface area contributed by atoms with Crippen LogP contribution in [0.25, 0.3) is 0 Å². The predicted octanol–water partition coefficient (Wildman–Crippen LogP) is 4.93. The highest BCUT2D eigenvalue weighted by atomic mass is 16.5. The summed E-state index contributed by atoms with van der Waals surface area (Å²) in [5.74, 6) is 1.40. The normalized spacial score (nSPS) is 27.2. The lowest BCUT2D eigenvalue weighted by molar-refractivity contribution is -0.147. The molecule has 4 nitrogen and oxygen atoms in total. The molecular formula is C21H31NO3. The van der Waals surface area contributed by atoms with Gasteiger partial charge in [-0.3, -0.25) is 4.79 Å². The minimum Gasteiger partial charge on any atom is -0.490 e. The third kappa shape index (κ3) is 4.55. The van der Waals surface area contributed by atoms with Crippen molar-refractivity contribution in [2.24, 2.45) is 5.92 Å². The number of hydrogen-bond acceptors (Lipinski definition) is 3. The zero-order valence-corrected chi connectivity index (χ0v) is 15.6. The van der Waals surface area contributed by atoms with Crippen LogP contribution >= 0.6 is 0 Å².